The summed E-state index contributed by atoms with van der Waals surface area (Å²) in [5.41, 5.74) is 5.31. The lowest BCUT2D eigenvalue weighted by Gasteiger charge is -1.94. The second-order valence-corrected chi connectivity index (χ2v) is 4.30. The molecule has 4 N–H and O–H groups in total. The Bertz CT molecular complexity index is 404. The fourth-order valence-corrected chi connectivity index (χ4v) is 2.29. The molecule has 0 fully saturated rings. The van der Waals surface area contributed by atoms with E-state index in [4.69, 9.17) is 21.0 Å². The van der Waals surface area contributed by atoms with E-state index in [1.165, 1.54) is 11.3 Å². The quantitative estimate of drug-likeness (QED) is 0.442. The van der Waals surface area contributed by atoms with Crippen molar-refractivity contribution in [3.8, 4) is 0 Å². The summed E-state index contributed by atoms with van der Waals surface area (Å²) in [4.78, 5) is 10.9. The summed E-state index contributed by atoms with van der Waals surface area (Å²) < 4.78 is 31.7. The zero-order valence-corrected chi connectivity index (χ0v) is 10.2. The lowest BCUT2D eigenvalue weighted by molar-refractivity contribution is -0.192. The van der Waals surface area contributed by atoms with Gasteiger partial charge in [-0.15, -0.1) is 23.1 Å². The van der Waals surface area contributed by atoms with Gasteiger partial charge in [0.15, 0.2) is 0 Å². The topological polar surface area (TPSA) is 87.2 Å². The Labute approximate surface area is 103 Å². The molecular formula is C8H9F3N2O2S2. The number of halogens is 3. The molecule has 0 amide bonds. The highest BCUT2D eigenvalue weighted by atomic mass is 32.2. The summed E-state index contributed by atoms with van der Waals surface area (Å²) >= 11 is 3.13. The fourth-order valence-electron chi connectivity index (χ4n) is 0.655. The average Bonchev–Trinajstić information content (AvgIpc) is 2.64. The molecule has 9 heteroatoms. The van der Waals surface area contributed by atoms with Gasteiger partial charge in [0.1, 0.15) is 5.84 Å². The minimum Gasteiger partial charge on any atom is -0.475 e. The first kappa shape index (κ1) is 15.8. The monoisotopic (exact) mass is 286 g/mol. The van der Waals surface area contributed by atoms with Gasteiger partial charge in [-0.2, -0.15) is 13.2 Å². The van der Waals surface area contributed by atoms with Gasteiger partial charge in [0.2, 0.25) is 0 Å². The predicted molar refractivity (Wildman–Crippen MR) is 60.8 cm³/mol. The van der Waals surface area contributed by atoms with E-state index in [0.717, 1.165) is 9.77 Å². The Hall–Kier alpha value is -1.22. The van der Waals surface area contributed by atoms with Crippen LogP contribution in [0.1, 0.15) is 4.88 Å². The minimum atomic E-state index is -5.08. The van der Waals surface area contributed by atoms with Crippen LogP contribution in [0.25, 0.3) is 0 Å². The molecule has 0 saturated heterocycles. The summed E-state index contributed by atoms with van der Waals surface area (Å²) in [7, 11) is 0. The zero-order chi connectivity index (χ0) is 13.6. The van der Waals surface area contributed by atoms with Gasteiger partial charge in [0.25, 0.3) is 0 Å². The van der Waals surface area contributed by atoms with E-state index in [2.05, 4.69) is 0 Å². The highest BCUT2D eigenvalue weighted by Crippen LogP contribution is 2.24. The number of rotatable bonds is 2. The lowest BCUT2D eigenvalue weighted by Crippen LogP contribution is -2.21. The molecule has 1 rings (SSSR count). The number of hydrogen-bond acceptors (Lipinski definition) is 4. The number of alkyl halides is 3. The van der Waals surface area contributed by atoms with Crippen LogP contribution in [0, 0.1) is 5.41 Å². The molecule has 96 valence electrons. The normalized spacial score (nSPS) is 10.4. The maximum atomic E-state index is 10.6. The number of nitrogens with two attached hydrogens (primary N) is 1. The average molecular weight is 286 g/mol. The number of amidine groups is 1. The number of carboxylic acid groups (broad SMARTS) is 1. The van der Waals surface area contributed by atoms with Gasteiger partial charge in [-0.3, -0.25) is 5.41 Å². The molecule has 0 radical (unpaired) electrons. The van der Waals surface area contributed by atoms with Gasteiger partial charge >= 0.3 is 12.1 Å². The molecule has 0 saturated carbocycles. The largest absolute Gasteiger partial charge is 0.490 e. The fraction of sp³-hybridized carbons (Fsp3) is 0.250. The summed E-state index contributed by atoms with van der Waals surface area (Å²) in [5.74, 6) is -2.59. The van der Waals surface area contributed by atoms with Crippen LogP contribution in [0.3, 0.4) is 0 Å². The predicted octanol–water partition coefficient (Wildman–Crippen LogP) is 2.39. The first-order valence-electron chi connectivity index (χ1n) is 3.96. The van der Waals surface area contributed by atoms with E-state index in [0.29, 0.717) is 0 Å². The van der Waals surface area contributed by atoms with Crippen LogP contribution in [-0.2, 0) is 4.79 Å². The highest BCUT2D eigenvalue weighted by molar-refractivity contribution is 7.98. The van der Waals surface area contributed by atoms with Gasteiger partial charge in [-0.05, 0) is 17.7 Å². The van der Waals surface area contributed by atoms with Gasteiger partial charge in [-0.1, -0.05) is 0 Å². The lowest BCUT2D eigenvalue weighted by atomic mass is 10.4. The maximum absolute atomic E-state index is 10.6. The summed E-state index contributed by atoms with van der Waals surface area (Å²) in [5, 5.41) is 16.2. The molecule has 0 aliphatic heterocycles. The Balaban J connectivity index is 0.000000325. The summed E-state index contributed by atoms with van der Waals surface area (Å²) in [6.07, 6.45) is -3.10. The van der Waals surface area contributed by atoms with Crippen LogP contribution in [0.5, 0.6) is 0 Å². The van der Waals surface area contributed by atoms with Gasteiger partial charge in [-0.25, -0.2) is 4.79 Å². The first-order valence-corrected chi connectivity index (χ1v) is 6.06. The van der Waals surface area contributed by atoms with Gasteiger partial charge < -0.3 is 10.8 Å². The van der Waals surface area contributed by atoms with Crippen molar-refractivity contribution in [2.24, 2.45) is 5.73 Å². The van der Waals surface area contributed by atoms with E-state index in [1.807, 2.05) is 17.7 Å². The third-order valence-corrected chi connectivity index (χ3v) is 3.19. The smallest absolute Gasteiger partial charge is 0.475 e. The number of carboxylic acids is 1. The molecule has 17 heavy (non-hydrogen) atoms. The minimum absolute atomic E-state index is 0.166. The number of thiophene rings is 1. The summed E-state index contributed by atoms with van der Waals surface area (Å²) in [6.45, 7) is 0. The number of aliphatic carboxylic acids is 1. The van der Waals surface area contributed by atoms with E-state index in [9.17, 15) is 13.2 Å². The second-order valence-electron chi connectivity index (χ2n) is 2.53. The zero-order valence-electron chi connectivity index (χ0n) is 8.54. The molecular weight excluding hydrogens is 277 g/mol. The first-order chi connectivity index (χ1) is 7.70. The van der Waals surface area contributed by atoms with Crippen LogP contribution in [0.2, 0.25) is 0 Å². The third-order valence-electron chi connectivity index (χ3n) is 1.34. The van der Waals surface area contributed by atoms with Gasteiger partial charge in [0.05, 0.1) is 4.88 Å². The Morgan fingerprint density at radius 1 is 1.59 bits per heavy atom. The number of nitrogen functional groups attached to an aromatic ring is 1. The number of nitrogens with one attached hydrogen (secondary N) is 1. The van der Waals surface area contributed by atoms with Crippen molar-refractivity contribution >= 4 is 34.9 Å². The molecule has 1 aromatic rings. The molecule has 0 unspecified atom stereocenters. The third kappa shape index (κ3) is 5.59. The second kappa shape index (κ2) is 6.50. The van der Waals surface area contributed by atoms with Crippen molar-refractivity contribution in [2.75, 3.05) is 6.26 Å². The molecule has 1 heterocycles. The SMILES string of the molecule is CSc1ccsc1C(=N)N.O=C(O)C(F)(F)F. The Morgan fingerprint density at radius 3 is 2.29 bits per heavy atom. The van der Waals surface area contributed by atoms with Crippen LogP contribution < -0.4 is 5.73 Å². The standard InChI is InChI=1S/C6H8N2S2.C2HF3O2/c1-9-4-2-3-10-5(4)6(7)8;3-2(4,5)1(6)7/h2-3H,1H3,(H3,7,8);(H,6,7). The van der Waals surface area contributed by atoms with Crippen molar-refractivity contribution in [1.29, 1.82) is 5.41 Å². The van der Waals surface area contributed by atoms with Crippen LogP contribution in [0.15, 0.2) is 16.3 Å². The number of thioether (sulfide) groups is 1. The maximum Gasteiger partial charge on any atom is 0.490 e. The van der Waals surface area contributed by atoms with Crippen LogP contribution >= 0.6 is 23.1 Å². The van der Waals surface area contributed by atoms with Crippen molar-refractivity contribution in [2.45, 2.75) is 11.1 Å². The molecule has 1 aromatic heterocycles. The van der Waals surface area contributed by atoms with Crippen molar-refractivity contribution in [3.05, 3.63) is 16.3 Å². The molecule has 0 aliphatic rings. The van der Waals surface area contributed by atoms with Gasteiger partial charge in [0, 0.05) is 4.90 Å². The molecule has 0 spiro atoms. The Morgan fingerprint density at radius 2 is 2.06 bits per heavy atom. The highest BCUT2D eigenvalue weighted by Gasteiger charge is 2.38. The molecule has 0 atom stereocenters. The summed E-state index contributed by atoms with van der Waals surface area (Å²) in [6, 6.07) is 1.98. The van der Waals surface area contributed by atoms with Crippen molar-refractivity contribution in [1.82, 2.24) is 0 Å². The van der Waals surface area contributed by atoms with E-state index < -0.39 is 12.1 Å². The van der Waals surface area contributed by atoms with Crippen molar-refractivity contribution < 1.29 is 23.1 Å². The van der Waals surface area contributed by atoms with E-state index in [1.54, 1.807) is 11.8 Å². The van der Waals surface area contributed by atoms with Crippen molar-refractivity contribution in [3.63, 3.8) is 0 Å². The number of carbonyl (C=O) groups is 1. The van der Waals surface area contributed by atoms with Crippen LogP contribution in [-0.4, -0.2) is 29.3 Å². The van der Waals surface area contributed by atoms with E-state index in [-0.39, 0.29) is 5.84 Å². The molecule has 0 aliphatic carbocycles. The molecule has 0 bridgehead atoms. The van der Waals surface area contributed by atoms with Crippen LogP contribution in [0.4, 0.5) is 13.2 Å². The molecule has 4 nitrogen and oxygen atoms in total. The number of hydrogen-bond donors (Lipinski definition) is 3. The molecule has 0 aromatic carbocycles. The van der Waals surface area contributed by atoms with E-state index >= 15 is 0 Å². The Kier molecular flexibility index (Phi) is 6.03.